The molecule has 3 aromatic rings. The van der Waals surface area contributed by atoms with Crippen LogP contribution < -0.4 is 10.1 Å². The van der Waals surface area contributed by atoms with Crippen LogP contribution in [0.3, 0.4) is 0 Å². The molecule has 0 bridgehead atoms. The van der Waals surface area contributed by atoms with Crippen LogP contribution >= 0.6 is 11.6 Å². The van der Waals surface area contributed by atoms with E-state index < -0.39 is 5.54 Å². The van der Waals surface area contributed by atoms with Crippen molar-refractivity contribution in [1.29, 1.82) is 0 Å². The topological polar surface area (TPSA) is 94.8 Å². The van der Waals surface area contributed by atoms with Gasteiger partial charge in [0.25, 0.3) is 5.91 Å². The maximum atomic E-state index is 12.5. The van der Waals surface area contributed by atoms with Gasteiger partial charge in [0.2, 0.25) is 11.7 Å². The van der Waals surface area contributed by atoms with Gasteiger partial charge in [0.05, 0.1) is 24.0 Å². The normalized spacial score (nSPS) is 11.3. The molecule has 0 saturated heterocycles. The number of amides is 1. The minimum atomic E-state index is -0.414. The number of nitrogens with one attached hydrogen (secondary N) is 1. The molecule has 1 N–H and O–H groups in total. The summed E-state index contributed by atoms with van der Waals surface area (Å²) in [5, 5.41) is 7.71. The summed E-state index contributed by atoms with van der Waals surface area (Å²) in [5.41, 5.74) is 0.727. The zero-order valence-electron chi connectivity index (χ0n) is 15.4. The van der Waals surface area contributed by atoms with E-state index in [2.05, 4.69) is 25.4 Å². The number of hydrogen-bond acceptors (Lipinski definition) is 6. The number of ether oxygens (including phenoxy) is 1. The molecule has 3 rings (SSSR count). The standard InChI is InChI=1S/C18H19ClN6O2/c1-18(2,3)23-17(26)15-22-16(13-7-5-11(19)9-20-13)25(24-15)12-6-8-14(27-4)21-10-12/h5-10H,1-4H3,(H,23,26). The average Bonchev–Trinajstić information content (AvgIpc) is 3.06. The Hall–Kier alpha value is -3.00. The number of halogens is 1. The van der Waals surface area contributed by atoms with E-state index in [4.69, 9.17) is 16.3 Å². The highest BCUT2D eigenvalue weighted by atomic mass is 35.5. The van der Waals surface area contributed by atoms with Crippen LogP contribution in [0, 0.1) is 0 Å². The Morgan fingerprint density at radius 1 is 1.15 bits per heavy atom. The Bertz CT molecular complexity index is 945. The third kappa shape index (κ3) is 4.40. The fourth-order valence-electron chi connectivity index (χ4n) is 2.28. The Labute approximate surface area is 161 Å². The Balaban J connectivity index is 2.08. The smallest absolute Gasteiger partial charge is 0.291 e. The van der Waals surface area contributed by atoms with E-state index in [1.807, 2.05) is 20.8 Å². The molecule has 0 radical (unpaired) electrons. The van der Waals surface area contributed by atoms with Crippen LogP contribution in [0.25, 0.3) is 17.2 Å². The first-order valence-corrected chi connectivity index (χ1v) is 8.56. The molecule has 0 aromatic carbocycles. The SMILES string of the molecule is COc1ccc(-n2nc(C(=O)NC(C)(C)C)nc2-c2ccc(Cl)cn2)cn1. The first kappa shape index (κ1) is 18.8. The second kappa shape index (κ2) is 7.32. The van der Waals surface area contributed by atoms with Crippen molar-refractivity contribution in [2.45, 2.75) is 26.3 Å². The Kier molecular flexibility index (Phi) is 5.09. The summed E-state index contributed by atoms with van der Waals surface area (Å²) in [6, 6.07) is 6.88. The molecule has 1 amide bonds. The van der Waals surface area contributed by atoms with Crippen LogP contribution in [0.5, 0.6) is 5.88 Å². The average molecular weight is 387 g/mol. The van der Waals surface area contributed by atoms with E-state index >= 15 is 0 Å². The lowest BCUT2D eigenvalue weighted by molar-refractivity contribution is 0.0909. The number of aromatic nitrogens is 5. The van der Waals surface area contributed by atoms with Crippen LogP contribution in [-0.4, -0.2) is 43.3 Å². The van der Waals surface area contributed by atoms with Crippen molar-refractivity contribution in [3.8, 4) is 23.1 Å². The molecule has 0 spiro atoms. The van der Waals surface area contributed by atoms with E-state index in [1.165, 1.54) is 18.0 Å². The molecule has 3 heterocycles. The minimum absolute atomic E-state index is 0.0347. The highest BCUT2D eigenvalue weighted by Crippen LogP contribution is 2.21. The largest absolute Gasteiger partial charge is 0.481 e. The van der Waals surface area contributed by atoms with Crippen molar-refractivity contribution >= 4 is 17.5 Å². The fourth-order valence-corrected chi connectivity index (χ4v) is 2.39. The van der Waals surface area contributed by atoms with E-state index in [9.17, 15) is 4.79 Å². The molecule has 0 aliphatic carbocycles. The van der Waals surface area contributed by atoms with Crippen LogP contribution in [-0.2, 0) is 0 Å². The molecule has 0 aliphatic rings. The summed E-state index contributed by atoms with van der Waals surface area (Å²) in [6.07, 6.45) is 3.09. The number of rotatable bonds is 4. The first-order chi connectivity index (χ1) is 12.8. The molecule has 0 fully saturated rings. The third-order valence-corrected chi connectivity index (χ3v) is 3.65. The number of carbonyl (C=O) groups is 1. The van der Waals surface area contributed by atoms with Gasteiger partial charge in [0, 0.05) is 17.8 Å². The van der Waals surface area contributed by atoms with Gasteiger partial charge in [-0.2, -0.15) is 0 Å². The summed E-state index contributed by atoms with van der Waals surface area (Å²) < 4.78 is 6.60. The van der Waals surface area contributed by atoms with Gasteiger partial charge in [-0.1, -0.05) is 11.6 Å². The number of carbonyl (C=O) groups excluding carboxylic acids is 1. The highest BCUT2D eigenvalue weighted by molar-refractivity contribution is 6.30. The summed E-state index contributed by atoms with van der Waals surface area (Å²) in [7, 11) is 1.54. The molecule has 140 valence electrons. The summed E-state index contributed by atoms with van der Waals surface area (Å²) in [6.45, 7) is 5.66. The fraction of sp³-hybridized carbons (Fsp3) is 0.278. The van der Waals surface area contributed by atoms with Gasteiger partial charge < -0.3 is 10.1 Å². The molecular formula is C18H19ClN6O2. The van der Waals surface area contributed by atoms with E-state index in [1.54, 1.807) is 30.5 Å². The van der Waals surface area contributed by atoms with Gasteiger partial charge in [-0.3, -0.25) is 9.78 Å². The summed E-state index contributed by atoms with van der Waals surface area (Å²) in [5.74, 6) is 0.527. The van der Waals surface area contributed by atoms with Crippen molar-refractivity contribution in [2.24, 2.45) is 0 Å². The van der Waals surface area contributed by atoms with Gasteiger partial charge in [-0.05, 0) is 39.0 Å². The van der Waals surface area contributed by atoms with E-state index in [0.717, 1.165) is 0 Å². The molecule has 8 nitrogen and oxygen atoms in total. The molecule has 3 aromatic heterocycles. The van der Waals surface area contributed by atoms with Crippen molar-refractivity contribution < 1.29 is 9.53 Å². The summed E-state index contributed by atoms with van der Waals surface area (Å²) in [4.78, 5) is 25.4. The van der Waals surface area contributed by atoms with Gasteiger partial charge in [0.1, 0.15) is 5.69 Å². The maximum Gasteiger partial charge on any atom is 0.291 e. The van der Waals surface area contributed by atoms with Gasteiger partial charge >= 0.3 is 0 Å². The van der Waals surface area contributed by atoms with Gasteiger partial charge in [0.15, 0.2) is 5.82 Å². The number of pyridine rings is 2. The molecule has 0 atom stereocenters. The zero-order chi connectivity index (χ0) is 19.6. The lowest BCUT2D eigenvalue weighted by atomic mass is 10.1. The van der Waals surface area contributed by atoms with Crippen LogP contribution in [0.4, 0.5) is 0 Å². The van der Waals surface area contributed by atoms with Crippen LogP contribution in [0.15, 0.2) is 36.7 Å². The van der Waals surface area contributed by atoms with E-state index in [0.29, 0.717) is 28.1 Å². The van der Waals surface area contributed by atoms with Gasteiger partial charge in [-0.15, -0.1) is 5.10 Å². The lowest BCUT2D eigenvalue weighted by Crippen LogP contribution is -2.41. The molecule has 0 aliphatic heterocycles. The molecule has 0 unspecified atom stereocenters. The quantitative estimate of drug-likeness (QED) is 0.740. The van der Waals surface area contributed by atoms with Crippen molar-refractivity contribution in [2.75, 3.05) is 7.11 Å². The van der Waals surface area contributed by atoms with Crippen molar-refractivity contribution in [3.63, 3.8) is 0 Å². The second-order valence-corrected chi connectivity index (χ2v) is 7.23. The maximum absolute atomic E-state index is 12.5. The first-order valence-electron chi connectivity index (χ1n) is 8.19. The van der Waals surface area contributed by atoms with Gasteiger partial charge in [-0.25, -0.2) is 14.6 Å². The second-order valence-electron chi connectivity index (χ2n) is 6.80. The number of hydrogen-bond donors (Lipinski definition) is 1. The third-order valence-electron chi connectivity index (χ3n) is 3.43. The molecular weight excluding hydrogens is 368 g/mol. The molecule has 27 heavy (non-hydrogen) atoms. The Morgan fingerprint density at radius 2 is 1.93 bits per heavy atom. The monoisotopic (exact) mass is 386 g/mol. The van der Waals surface area contributed by atoms with Crippen LogP contribution in [0.2, 0.25) is 5.02 Å². The minimum Gasteiger partial charge on any atom is -0.481 e. The molecule has 0 saturated carbocycles. The number of methoxy groups -OCH3 is 1. The van der Waals surface area contributed by atoms with Crippen LogP contribution in [0.1, 0.15) is 31.4 Å². The highest BCUT2D eigenvalue weighted by Gasteiger charge is 2.23. The Morgan fingerprint density at radius 3 is 2.48 bits per heavy atom. The lowest BCUT2D eigenvalue weighted by Gasteiger charge is -2.18. The number of nitrogens with zero attached hydrogens (tertiary/aromatic N) is 5. The van der Waals surface area contributed by atoms with Crippen molar-refractivity contribution in [3.05, 3.63) is 47.5 Å². The summed E-state index contributed by atoms with van der Waals surface area (Å²) >= 11 is 5.92. The zero-order valence-corrected chi connectivity index (χ0v) is 16.2. The molecule has 9 heteroatoms. The predicted molar refractivity (Wildman–Crippen MR) is 101 cm³/mol. The van der Waals surface area contributed by atoms with Crippen molar-refractivity contribution in [1.82, 2.24) is 30.0 Å². The predicted octanol–water partition coefficient (Wildman–Crippen LogP) is 2.91. The van der Waals surface area contributed by atoms with E-state index in [-0.39, 0.29) is 11.7 Å².